The van der Waals surface area contributed by atoms with Crippen LogP contribution in [0.5, 0.6) is 0 Å². The molecule has 0 N–H and O–H groups in total. The van der Waals surface area contributed by atoms with Gasteiger partial charge < -0.3 is 9.64 Å². The first-order chi connectivity index (χ1) is 13.7. The topological polar surface area (TPSA) is 29.5 Å². The maximum absolute atomic E-state index is 13.8. The summed E-state index contributed by atoms with van der Waals surface area (Å²) in [6, 6.07) is 3.29. The van der Waals surface area contributed by atoms with Gasteiger partial charge in [-0.25, -0.2) is 8.78 Å². The van der Waals surface area contributed by atoms with E-state index in [1.165, 1.54) is 12.1 Å². The van der Waals surface area contributed by atoms with Crippen molar-refractivity contribution in [2.24, 2.45) is 11.3 Å². The molecule has 0 aromatic heterocycles. The number of carbonyl (C=O) groups excluding carboxylic acids is 1. The van der Waals surface area contributed by atoms with E-state index in [1.807, 2.05) is 4.90 Å². The van der Waals surface area contributed by atoms with Gasteiger partial charge in [-0.2, -0.15) is 0 Å². The number of rotatable bonds is 5. The van der Waals surface area contributed by atoms with Crippen LogP contribution >= 0.6 is 0 Å². The summed E-state index contributed by atoms with van der Waals surface area (Å²) in [6.07, 6.45) is 7.83. The lowest BCUT2D eigenvalue weighted by atomic mass is 9.57. The molecule has 3 atom stereocenters. The third kappa shape index (κ3) is 2.85. The van der Waals surface area contributed by atoms with Gasteiger partial charge in [0.15, 0.2) is 0 Å². The monoisotopic (exact) mass is 399 g/mol. The van der Waals surface area contributed by atoms with Gasteiger partial charge >= 0.3 is 0 Å². The Morgan fingerprint density at radius 2 is 1.90 bits per heavy atom. The van der Waals surface area contributed by atoms with E-state index in [4.69, 9.17) is 4.74 Å². The Balaban J connectivity index is 1.59. The standard InChI is InChI=1S/C24H27F2NO2/c1-5-7-19(6-2)29-20-13-24(14-20)15(3)23(4)9-8-21(27(23)22(24)28)16-10-17(25)12-18(26)11-16/h5-7,10-12,15,20-21H,1-2,8-9,13-14H2,3-4H3/b19-7+. The van der Waals surface area contributed by atoms with Crippen LogP contribution in [0.4, 0.5) is 8.78 Å². The van der Waals surface area contributed by atoms with Crippen LogP contribution in [0, 0.1) is 23.0 Å². The Bertz CT molecular complexity index is 882. The predicted molar refractivity (Wildman–Crippen MR) is 108 cm³/mol. The van der Waals surface area contributed by atoms with Crippen LogP contribution in [0.25, 0.3) is 0 Å². The lowest BCUT2D eigenvalue weighted by Crippen LogP contribution is -2.51. The van der Waals surface area contributed by atoms with Crippen LogP contribution in [-0.2, 0) is 9.53 Å². The zero-order valence-electron chi connectivity index (χ0n) is 17.0. The number of amides is 1. The van der Waals surface area contributed by atoms with E-state index in [-0.39, 0.29) is 29.5 Å². The van der Waals surface area contributed by atoms with Crippen LogP contribution in [-0.4, -0.2) is 22.4 Å². The number of fused-ring (bicyclic) bond motifs is 1. The molecule has 1 aliphatic carbocycles. The highest BCUT2D eigenvalue weighted by Gasteiger charge is 2.70. The molecule has 0 radical (unpaired) electrons. The highest BCUT2D eigenvalue weighted by molar-refractivity contribution is 5.89. The zero-order chi connectivity index (χ0) is 21.0. The molecule has 5 heteroatoms. The van der Waals surface area contributed by atoms with Crippen molar-refractivity contribution in [3.8, 4) is 0 Å². The molecule has 1 amide bonds. The van der Waals surface area contributed by atoms with E-state index in [2.05, 4.69) is 27.0 Å². The molecular weight excluding hydrogens is 372 g/mol. The van der Waals surface area contributed by atoms with Gasteiger partial charge in [-0.3, -0.25) is 4.79 Å². The molecule has 3 aliphatic rings. The number of nitrogens with zero attached hydrogens (tertiary/aromatic N) is 1. The normalized spacial score (nSPS) is 36.1. The summed E-state index contributed by atoms with van der Waals surface area (Å²) >= 11 is 0. The first-order valence-corrected chi connectivity index (χ1v) is 10.2. The van der Waals surface area contributed by atoms with E-state index < -0.39 is 17.0 Å². The second-order valence-electron chi connectivity index (χ2n) is 8.82. The van der Waals surface area contributed by atoms with Gasteiger partial charge in [-0.1, -0.05) is 26.2 Å². The SMILES string of the molecule is C=C/C=C(\C=C)OC1CC2(C1)C(=O)N1C(c3cc(F)cc(F)c3)CCC1(C)C2C. The minimum absolute atomic E-state index is 0.0423. The minimum atomic E-state index is -0.605. The van der Waals surface area contributed by atoms with E-state index >= 15 is 0 Å². The molecule has 1 aromatic rings. The van der Waals surface area contributed by atoms with Gasteiger partial charge in [0.2, 0.25) is 5.91 Å². The van der Waals surface area contributed by atoms with Crippen molar-refractivity contribution in [3.05, 3.63) is 72.5 Å². The number of allylic oxidation sites excluding steroid dienone is 3. The van der Waals surface area contributed by atoms with Crippen molar-refractivity contribution in [3.63, 3.8) is 0 Å². The Hall–Kier alpha value is -2.43. The molecule has 1 aromatic carbocycles. The highest BCUT2D eigenvalue weighted by atomic mass is 19.1. The fraction of sp³-hybridized carbons (Fsp3) is 0.458. The summed E-state index contributed by atoms with van der Waals surface area (Å²) in [5.74, 6) is -0.330. The predicted octanol–water partition coefficient (Wildman–Crippen LogP) is 5.46. The van der Waals surface area contributed by atoms with Crippen LogP contribution in [0.1, 0.15) is 51.1 Å². The molecule has 2 heterocycles. The quantitative estimate of drug-likeness (QED) is 0.486. The Labute approximate surface area is 170 Å². The van der Waals surface area contributed by atoms with Crippen molar-refractivity contribution < 1.29 is 18.3 Å². The summed E-state index contributed by atoms with van der Waals surface area (Å²) in [6.45, 7) is 11.7. The Morgan fingerprint density at radius 3 is 2.48 bits per heavy atom. The second kappa shape index (κ2) is 6.82. The lowest BCUT2D eigenvalue weighted by Gasteiger charge is -2.47. The van der Waals surface area contributed by atoms with Gasteiger partial charge in [-0.15, -0.1) is 0 Å². The van der Waals surface area contributed by atoms with Gasteiger partial charge in [-0.05, 0) is 68.4 Å². The minimum Gasteiger partial charge on any atom is -0.490 e. The largest absolute Gasteiger partial charge is 0.490 e. The number of ether oxygens (including phenoxy) is 1. The summed E-state index contributed by atoms with van der Waals surface area (Å²) in [5.41, 5.74) is -0.239. The molecule has 3 fully saturated rings. The smallest absolute Gasteiger partial charge is 0.230 e. The Morgan fingerprint density at radius 1 is 1.24 bits per heavy atom. The molecule has 29 heavy (non-hydrogen) atoms. The van der Waals surface area contributed by atoms with E-state index in [9.17, 15) is 13.6 Å². The molecule has 4 rings (SSSR count). The average Bonchev–Trinajstić information content (AvgIpc) is 3.06. The van der Waals surface area contributed by atoms with E-state index in [0.717, 1.165) is 12.5 Å². The third-order valence-electron chi connectivity index (χ3n) is 7.43. The Kier molecular flexibility index (Phi) is 4.67. The molecular formula is C24H27F2NO2. The summed E-state index contributed by atoms with van der Waals surface area (Å²) < 4.78 is 33.6. The first-order valence-electron chi connectivity index (χ1n) is 10.2. The zero-order valence-corrected chi connectivity index (χ0v) is 17.0. The molecule has 3 nitrogen and oxygen atoms in total. The number of halogens is 2. The van der Waals surface area contributed by atoms with Crippen LogP contribution in [0.15, 0.2) is 55.3 Å². The van der Waals surface area contributed by atoms with Gasteiger partial charge in [0.25, 0.3) is 0 Å². The number of benzene rings is 1. The second-order valence-corrected chi connectivity index (χ2v) is 8.82. The molecule has 154 valence electrons. The molecule has 2 aliphatic heterocycles. The fourth-order valence-corrected chi connectivity index (χ4v) is 5.77. The van der Waals surface area contributed by atoms with Gasteiger partial charge in [0.05, 0.1) is 11.5 Å². The van der Waals surface area contributed by atoms with Gasteiger partial charge in [0.1, 0.15) is 23.5 Å². The number of carbonyl (C=O) groups is 1. The highest BCUT2D eigenvalue weighted by Crippen LogP contribution is 2.65. The maximum Gasteiger partial charge on any atom is 0.230 e. The van der Waals surface area contributed by atoms with Crippen molar-refractivity contribution in [2.45, 2.75) is 57.2 Å². The average molecular weight is 399 g/mol. The number of hydrogen-bond donors (Lipinski definition) is 0. The van der Waals surface area contributed by atoms with E-state index in [0.29, 0.717) is 30.6 Å². The third-order valence-corrected chi connectivity index (χ3v) is 7.43. The molecule has 3 unspecified atom stereocenters. The van der Waals surface area contributed by atoms with Gasteiger partial charge in [0, 0.05) is 11.6 Å². The maximum atomic E-state index is 13.8. The van der Waals surface area contributed by atoms with Crippen molar-refractivity contribution >= 4 is 5.91 Å². The first kappa shape index (κ1) is 19.9. The van der Waals surface area contributed by atoms with E-state index in [1.54, 1.807) is 18.2 Å². The molecule has 2 saturated heterocycles. The summed E-state index contributed by atoms with van der Waals surface area (Å²) in [4.78, 5) is 15.5. The lowest BCUT2D eigenvalue weighted by molar-refractivity contribution is -0.152. The summed E-state index contributed by atoms with van der Waals surface area (Å²) in [5, 5.41) is 0. The number of hydrogen-bond acceptors (Lipinski definition) is 2. The van der Waals surface area contributed by atoms with Crippen molar-refractivity contribution in [1.29, 1.82) is 0 Å². The van der Waals surface area contributed by atoms with Crippen LogP contribution < -0.4 is 0 Å². The van der Waals surface area contributed by atoms with Crippen molar-refractivity contribution in [1.82, 2.24) is 4.90 Å². The molecule has 1 spiro atoms. The molecule has 0 bridgehead atoms. The molecule has 1 saturated carbocycles. The summed E-state index contributed by atoms with van der Waals surface area (Å²) in [7, 11) is 0. The van der Waals surface area contributed by atoms with Crippen molar-refractivity contribution in [2.75, 3.05) is 0 Å². The van der Waals surface area contributed by atoms with Crippen LogP contribution in [0.2, 0.25) is 0 Å². The van der Waals surface area contributed by atoms with Crippen LogP contribution in [0.3, 0.4) is 0 Å². The fourth-order valence-electron chi connectivity index (χ4n) is 5.77.